The molecule has 2 aromatic rings. The molecule has 0 spiro atoms. The van der Waals surface area contributed by atoms with E-state index in [0.717, 1.165) is 18.4 Å². The van der Waals surface area contributed by atoms with Gasteiger partial charge in [0.25, 0.3) is 5.69 Å². The summed E-state index contributed by atoms with van der Waals surface area (Å²) in [6.45, 7) is 0. The molecule has 1 heterocycles. The molecular formula is C13H16N4O2. The molecule has 0 saturated heterocycles. The number of fused-ring (bicyclic) bond motifs is 1. The maximum absolute atomic E-state index is 10.8. The van der Waals surface area contributed by atoms with Gasteiger partial charge in [0, 0.05) is 12.1 Å². The molecule has 0 aliphatic heterocycles. The summed E-state index contributed by atoms with van der Waals surface area (Å²) in [4.78, 5) is 10.4. The Labute approximate surface area is 110 Å². The summed E-state index contributed by atoms with van der Waals surface area (Å²) < 4.78 is 1.95. The third-order valence-electron chi connectivity index (χ3n) is 3.85. The van der Waals surface area contributed by atoms with Crippen LogP contribution in [0.25, 0.3) is 10.9 Å². The van der Waals surface area contributed by atoms with Crippen LogP contribution >= 0.6 is 0 Å². The third-order valence-corrected chi connectivity index (χ3v) is 3.85. The number of non-ortho nitro benzene ring substituents is 1. The maximum atomic E-state index is 10.8. The van der Waals surface area contributed by atoms with Gasteiger partial charge in [-0.15, -0.1) is 0 Å². The predicted octanol–water partition coefficient (Wildman–Crippen LogP) is 3.03. The van der Waals surface area contributed by atoms with Gasteiger partial charge in [0.2, 0.25) is 0 Å². The summed E-state index contributed by atoms with van der Waals surface area (Å²) in [5.74, 6) is 0.379. The van der Waals surface area contributed by atoms with Gasteiger partial charge in [-0.1, -0.05) is 19.3 Å². The van der Waals surface area contributed by atoms with Crippen LogP contribution in [-0.2, 0) is 0 Å². The van der Waals surface area contributed by atoms with E-state index < -0.39 is 4.92 Å². The second-order valence-electron chi connectivity index (χ2n) is 5.08. The summed E-state index contributed by atoms with van der Waals surface area (Å²) in [7, 11) is 0. The quantitative estimate of drug-likeness (QED) is 0.664. The number of nitrogen functional groups attached to an aromatic ring is 1. The molecule has 0 atom stereocenters. The number of nitro benzene ring substituents is 1. The van der Waals surface area contributed by atoms with Crippen LogP contribution in [0.3, 0.4) is 0 Å². The fraction of sp³-hybridized carbons (Fsp3) is 0.462. The van der Waals surface area contributed by atoms with Crippen molar-refractivity contribution in [1.29, 1.82) is 0 Å². The van der Waals surface area contributed by atoms with Crippen molar-refractivity contribution in [2.24, 2.45) is 0 Å². The first-order valence-electron chi connectivity index (χ1n) is 6.59. The highest BCUT2D eigenvalue weighted by Crippen LogP contribution is 2.33. The van der Waals surface area contributed by atoms with Gasteiger partial charge in [0.05, 0.1) is 21.9 Å². The van der Waals surface area contributed by atoms with E-state index in [1.807, 2.05) is 4.68 Å². The van der Waals surface area contributed by atoms with E-state index in [1.165, 1.54) is 31.4 Å². The minimum atomic E-state index is -0.406. The van der Waals surface area contributed by atoms with Crippen LogP contribution in [-0.4, -0.2) is 14.7 Å². The highest BCUT2D eigenvalue weighted by atomic mass is 16.6. The molecule has 1 saturated carbocycles. The molecule has 2 N–H and O–H groups in total. The van der Waals surface area contributed by atoms with Crippen molar-refractivity contribution in [3.8, 4) is 0 Å². The minimum Gasteiger partial charge on any atom is -0.382 e. The number of anilines is 1. The van der Waals surface area contributed by atoms with E-state index in [1.54, 1.807) is 6.07 Å². The first-order valence-corrected chi connectivity index (χ1v) is 6.59. The zero-order valence-electron chi connectivity index (χ0n) is 10.6. The van der Waals surface area contributed by atoms with Crippen LogP contribution in [0.4, 0.5) is 11.5 Å². The topological polar surface area (TPSA) is 87.0 Å². The van der Waals surface area contributed by atoms with Gasteiger partial charge in [-0.05, 0) is 18.9 Å². The second kappa shape index (κ2) is 4.53. The number of nitrogens with two attached hydrogens (primary N) is 1. The standard InChI is InChI=1S/C13H16N4O2/c14-13-11-8-10(17(18)19)6-7-12(11)16(15-13)9-4-2-1-3-5-9/h6-9H,1-5H2,(H2,14,15). The molecule has 1 fully saturated rings. The minimum absolute atomic E-state index is 0.0578. The molecule has 0 radical (unpaired) electrons. The molecule has 100 valence electrons. The van der Waals surface area contributed by atoms with Crippen molar-refractivity contribution in [3.05, 3.63) is 28.3 Å². The molecule has 0 amide bonds. The largest absolute Gasteiger partial charge is 0.382 e. The van der Waals surface area contributed by atoms with Gasteiger partial charge in [-0.25, -0.2) is 0 Å². The smallest absolute Gasteiger partial charge is 0.270 e. The molecule has 1 aromatic carbocycles. The predicted molar refractivity (Wildman–Crippen MR) is 72.9 cm³/mol. The van der Waals surface area contributed by atoms with E-state index in [9.17, 15) is 10.1 Å². The number of hydrogen-bond acceptors (Lipinski definition) is 4. The monoisotopic (exact) mass is 260 g/mol. The van der Waals surface area contributed by atoms with Crippen molar-refractivity contribution < 1.29 is 4.92 Å². The molecule has 0 bridgehead atoms. The zero-order valence-corrected chi connectivity index (χ0v) is 10.6. The Kier molecular flexibility index (Phi) is 2.85. The first kappa shape index (κ1) is 12.0. The summed E-state index contributed by atoms with van der Waals surface area (Å²) in [5, 5.41) is 15.9. The Hall–Kier alpha value is -2.11. The van der Waals surface area contributed by atoms with Gasteiger partial charge in [0.15, 0.2) is 5.82 Å². The maximum Gasteiger partial charge on any atom is 0.270 e. The SMILES string of the molecule is Nc1nn(C2CCCCC2)c2ccc([N+](=O)[O-])cc12. The number of aromatic nitrogens is 2. The van der Waals surface area contributed by atoms with E-state index in [0.29, 0.717) is 17.2 Å². The summed E-state index contributed by atoms with van der Waals surface area (Å²) in [6.07, 6.45) is 5.90. The molecule has 6 heteroatoms. The summed E-state index contributed by atoms with van der Waals surface area (Å²) >= 11 is 0. The fourth-order valence-corrected chi connectivity index (χ4v) is 2.87. The average Bonchev–Trinajstić information content (AvgIpc) is 2.77. The number of rotatable bonds is 2. The number of nitro groups is 1. The Morgan fingerprint density at radius 2 is 2.05 bits per heavy atom. The average molecular weight is 260 g/mol. The van der Waals surface area contributed by atoms with Crippen molar-refractivity contribution in [3.63, 3.8) is 0 Å². The lowest BCUT2D eigenvalue weighted by molar-refractivity contribution is -0.384. The van der Waals surface area contributed by atoms with Gasteiger partial charge >= 0.3 is 0 Å². The summed E-state index contributed by atoms with van der Waals surface area (Å²) in [6, 6.07) is 5.15. The van der Waals surface area contributed by atoms with Crippen LogP contribution in [0.5, 0.6) is 0 Å². The van der Waals surface area contributed by atoms with Gasteiger partial charge < -0.3 is 5.73 Å². The lowest BCUT2D eigenvalue weighted by Gasteiger charge is -2.22. The van der Waals surface area contributed by atoms with Crippen LogP contribution in [0.2, 0.25) is 0 Å². The van der Waals surface area contributed by atoms with Crippen LogP contribution < -0.4 is 5.73 Å². The van der Waals surface area contributed by atoms with Crippen LogP contribution in [0, 0.1) is 10.1 Å². The van der Waals surface area contributed by atoms with Crippen molar-refractivity contribution in [1.82, 2.24) is 9.78 Å². The number of benzene rings is 1. The van der Waals surface area contributed by atoms with Gasteiger partial charge in [-0.2, -0.15) is 5.10 Å². The number of nitrogens with zero attached hydrogens (tertiary/aromatic N) is 3. The lowest BCUT2D eigenvalue weighted by Crippen LogP contribution is -2.14. The molecule has 3 rings (SSSR count). The fourth-order valence-electron chi connectivity index (χ4n) is 2.87. The third kappa shape index (κ3) is 2.03. The number of hydrogen-bond donors (Lipinski definition) is 1. The molecule has 1 aliphatic rings. The van der Waals surface area contributed by atoms with Gasteiger partial charge in [-0.3, -0.25) is 14.8 Å². The Morgan fingerprint density at radius 1 is 1.32 bits per heavy atom. The van der Waals surface area contributed by atoms with Crippen molar-refractivity contribution in [2.45, 2.75) is 38.1 Å². The van der Waals surface area contributed by atoms with Crippen LogP contribution in [0.1, 0.15) is 38.1 Å². The van der Waals surface area contributed by atoms with Crippen LogP contribution in [0.15, 0.2) is 18.2 Å². The Morgan fingerprint density at radius 3 is 2.74 bits per heavy atom. The normalized spacial score (nSPS) is 16.8. The lowest BCUT2D eigenvalue weighted by atomic mass is 9.95. The van der Waals surface area contributed by atoms with Crippen molar-refractivity contribution >= 4 is 22.4 Å². The molecule has 1 aromatic heterocycles. The van der Waals surface area contributed by atoms with E-state index in [4.69, 9.17) is 5.73 Å². The van der Waals surface area contributed by atoms with E-state index in [2.05, 4.69) is 5.10 Å². The van der Waals surface area contributed by atoms with E-state index >= 15 is 0 Å². The van der Waals surface area contributed by atoms with Crippen molar-refractivity contribution in [2.75, 3.05) is 5.73 Å². The Bertz CT molecular complexity index is 629. The Balaban J connectivity index is 2.08. The zero-order chi connectivity index (χ0) is 13.4. The molecule has 6 nitrogen and oxygen atoms in total. The molecule has 1 aliphatic carbocycles. The second-order valence-corrected chi connectivity index (χ2v) is 5.08. The highest BCUT2D eigenvalue weighted by molar-refractivity contribution is 5.91. The van der Waals surface area contributed by atoms with E-state index in [-0.39, 0.29) is 5.69 Å². The van der Waals surface area contributed by atoms with Gasteiger partial charge in [0.1, 0.15) is 0 Å². The highest BCUT2D eigenvalue weighted by Gasteiger charge is 2.20. The molecule has 0 unspecified atom stereocenters. The first-order chi connectivity index (χ1) is 9.16. The molecule has 19 heavy (non-hydrogen) atoms. The summed E-state index contributed by atoms with van der Waals surface area (Å²) in [5.41, 5.74) is 6.85. The molecular weight excluding hydrogens is 244 g/mol.